The summed E-state index contributed by atoms with van der Waals surface area (Å²) in [6.45, 7) is 1.49. The van der Waals surface area contributed by atoms with E-state index in [0.29, 0.717) is 85.3 Å². The zero-order chi connectivity index (χ0) is 35.4. The van der Waals surface area contributed by atoms with Crippen LogP contribution in [0, 0.1) is 18.6 Å². The lowest BCUT2D eigenvalue weighted by Gasteiger charge is -2.24. The van der Waals surface area contributed by atoms with E-state index in [2.05, 4.69) is 19.9 Å². The molecule has 0 atom stereocenters. The number of carboxylic acid groups (broad SMARTS) is 2. The summed E-state index contributed by atoms with van der Waals surface area (Å²) in [6.07, 6.45) is 6.34. The normalized spacial score (nSPS) is 20.6. The van der Waals surface area contributed by atoms with Crippen LogP contribution in [0.25, 0.3) is 22.5 Å². The molecule has 2 saturated carbocycles. The summed E-state index contributed by atoms with van der Waals surface area (Å²) in [6, 6.07) is 6.41. The van der Waals surface area contributed by atoms with Gasteiger partial charge in [0.15, 0.2) is 0 Å². The number of alkyl halides is 2. The fourth-order valence-corrected chi connectivity index (χ4v) is 6.27. The second-order valence-corrected chi connectivity index (χ2v) is 12.4. The van der Waals surface area contributed by atoms with Crippen LogP contribution in [0.3, 0.4) is 0 Å². The van der Waals surface area contributed by atoms with Crippen LogP contribution in [0.2, 0.25) is 0 Å². The third kappa shape index (κ3) is 7.95. The molecule has 2 fully saturated rings. The lowest BCUT2D eigenvalue weighted by Crippen LogP contribution is -2.15. The first kappa shape index (κ1) is 35.2. The summed E-state index contributed by atoms with van der Waals surface area (Å²) >= 11 is 0. The molecule has 0 amide bonds. The van der Waals surface area contributed by atoms with Gasteiger partial charge in [0.2, 0.25) is 0 Å². The molecule has 2 heterocycles. The quantitative estimate of drug-likeness (QED) is 0.150. The molecular weight excluding hydrogens is 644 g/mol. The Morgan fingerprint density at radius 2 is 1.18 bits per heavy atom. The minimum atomic E-state index is -1.34. The Morgan fingerprint density at radius 3 is 1.67 bits per heavy atom. The first-order valence-corrected chi connectivity index (χ1v) is 15.9. The smallest absolute Gasteiger partial charge is 0.338 e. The molecule has 6 N–H and O–H groups in total. The van der Waals surface area contributed by atoms with Crippen molar-refractivity contribution < 1.29 is 37.4 Å². The molecule has 0 bridgehead atoms. The standard InChI is InChI=1S/C18H19F2N3O2.C17H17F2N3O2/c1-9-12(6-7-13(15(9)20)18(24)25)16-17(21)22-8-14(23-16)10-2-4-11(19)5-3-10;18-11-4-1-9(2-5-11)14-8-21-16(20)15(22-14)10-3-6-12(17(23)24)13(19)7-10/h6-8,10-11H,2-5H2,1H3,(H2,21,22)(H,24,25);3,6-9,11H,1-2,4-5H2,(H2,20,21)(H,23,24). The highest BCUT2D eigenvalue weighted by Crippen LogP contribution is 2.37. The van der Waals surface area contributed by atoms with Crippen molar-refractivity contribution in [1.29, 1.82) is 0 Å². The van der Waals surface area contributed by atoms with Gasteiger partial charge in [-0.15, -0.1) is 0 Å². The number of carboxylic acids is 2. The molecule has 6 rings (SSSR count). The topological polar surface area (TPSA) is 178 Å². The molecule has 2 aliphatic carbocycles. The minimum Gasteiger partial charge on any atom is -0.478 e. The van der Waals surface area contributed by atoms with Crippen LogP contribution in [-0.4, -0.2) is 54.4 Å². The van der Waals surface area contributed by atoms with Gasteiger partial charge in [0.05, 0.1) is 34.9 Å². The Balaban J connectivity index is 0.000000191. The molecule has 14 heteroatoms. The van der Waals surface area contributed by atoms with Gasteiger partial charge in [0, 0.05) is 23.0 Å². The maximum absolute atomic E-state index is 14.3. The Bertz CT molecular complexity index is 1860. The van der Waals surface area contributed by atoms with Gasteiger partial charge in [0.25, 0.3) is 0 Å². The van der Waals surface area contributed by atoms with Crippen molar-refractivity contribution in [2.45, 2.75) is 82.5 Å². The third-order valence-corrected chi connectivity index (χ3v) is 9.13. The van der Waals surface area contributed by atoms with Gasteiger partial charge in [-0.2, -0.15) is 0 Å². The Morgan fingerprint density at radius 1 is 0.714 bits per heavy atom. The summed E-state index contributed by atoms with van der Waals surface area (Å²) in [4.78, 5) is 39.3. The van der Waals surface area contributed by atoms with Gasteiger partial charge < -0.3 is 21.7 Å². The summed E-state index contributed by atoms with van der Waals surface area (Å²) < 4.78 is 54.8. The molecule has 2 aromatic heterocycles. The molecule has 0 radical (unpaired) electrons. The predicted molar refractivity (Wildman–Crippen MR) is 175 cm³/mol. The van der Waals surface area contributed by atoms with Gasteiger partial charge in [0.1, 0.15) is 47.0 Å². The third-order valence-electron chi connectivity index (χ3n) is 9.13. The van der Waals surface area contributed by atoms with Crippen LogP contribution in [0.4, 0.5) is 29.2 Å². The largest absolute Gasteiger partial charge is 0.478 e. The predicted octanol–water partition coefficient (Wildman–Crippen LogP) is 7.43. The molecule has 4 aromatic rings. The lowest BCUT2D eigenvalue weighted by atomic mass is 9.86. The van der Waals surface area contributed by atoms with Crippen molar-refractivity contribution in [1.82, 2.24) is 19.9 Å². The molecule has 2 aliphatic rings. The average molecular weight is 681 g/mol. The van der Waals surface area contributed by atoms with Crippen molar-refractivity contribution >= 4 is 23.6 Å². The van der Waals surface area contributed by atoms with E-state index in [9.17, 15) is 27.2 Å². The lowest BCUT2D eigenvalue weighted by molar-refractivity contribution is 0.0680. The molecule has 10 nitrogen and oxygen atoms in total. The van der Waals surface area contributed by atoms with E-state index in [-0.39, 0.29) is 29.0 Å². The summed E-state index contributed by atoms with van der Waals surface area (Å²) in [7, 11) is 0. The highest BCUT2D eigenvalue weighted by molar-refractivity contribution is 5.90. The number of rotatable bonds is 6. The number of anilines is 2. The molecule has 258 valence electrons. The van der Waals surface area contributed by atoms with Gasteiger partial charge in [-0.3, -0.25) is 0 Å². The number of carbonyl (C=O) groups is 2. The van der Waals surface area contributed by atoms with Crippen molar-refractivity contribution in [3.05, 3.63) is 82.4 Å². The maximum Gasteiger partial charge on any atom is 0.338 e. The first-order chi connectivity index (χ1) is 23.3. The van der Waals surface area contributed by atoms with Gasteiger partial charge in [-0.25, -0.2) is 47.1 Å². The fraction of sp³-hybridized carbons (Fsp3) is 0.371. The van der Waals surface area contributed by atoms with Crippen molar-refractivity contribution in [3.8, 4) is 22.5 Å². The number of nitrogen functional groups attached to an aromatic ring is 2. The zero-order valence-electron chi connectivity index (χ0n) is 26.7. The van der Waals surface area contributed by atoms with E-state index < -0.39 is 47.0 Å². The molecule has 0 unspecified atom stereocenters. The molecule has 2 aromatic carbocycles. The number of hydrogen-bond donors (Lipinski definition) is 4. The number of aromatic carboxylic acids is 2. The number of nitrogens with two attached hydrogens (primary N) is 2. The van der Waals surface area contributed by atoms with E-state index in [1.807, 2.05) is 0 Å². The Hall–Kier alpha value is -5.14. The highest BCUT2D eigenvalue weighted by Gasteiger charge is 2.26. The van der Waals surface area contributed by atoms with Crippen LogP contribution >= 0.6 is 0 Å². The SMILES string of the molecule is Cc1c(-c2nc(C3CCC(F)CC3)cnc2N)ccc(C(=O)O)c1F.Nc1ncc(C2CCC(F)CC2)nc1-c1ccc(C(=O)O)c(F)c1. The second kappa shape index (κ2) is 15.0. The Kier molecular flexibility index (Phi) is 10.7. The summed E-state index contributed by atoms with van der Waals surface area (Å²) in [5, 5.41) is 17.9. The van der Waals surface area contributed by atoms with Crippen LogP contribution in [0.15, 0.2) is 42.7 Å². The van der Waals surface area contributed by atoms with E-state index in [1.165, 1.54) is 31.2 Å². The summed E-state index contributed by atoms with van der Waals surface area (Å²) in [5.41, 5.74) is 13.9. The van der Waals surface area contributed by atoms with E-state index in [4.69, 9.17) is 21.7 Å². The van der Waals surface area contributed by atoms with Crippen molar-refractivity contribution in [2.24, 2.45) is 0 Å². The highest BCUT2D eigenvalue weighted by atomic mass is 19.1. The molecular formula is C35H36F4N6O4. The number of nitrogens with zero attached hydrogens (tertiary/aromatic N) is 4. The number of benzene rings is 2. The Labute approximate surface area is 279 Å². The fourth-order valence-electron chi connectivity index (χ4n) is 6.27. The zero-order valence-corrected chi connectivity index (χ0v) is 26.7. The molecule has 0 aliphatic heterocycles. The number of halogens is 4. The van der Waals surface area contributed by atoms with Gasteiger partial charge in [-0.1, -0.05) is 12.1 Å². The molecule has 0 saturated heterocycles. The van der Waals surface area contributed by atoms with Crippen LogP contribution in [-0.2, 0) is 0 Å². The first-order valence-electron chi connectivity index (χ1n) is 15.9. The van der Waals surface area contributed by atoms with Crippen molar-refractivity contribution in [2.75, 3.05) is 11.5 Å². The van der Waals surface area contributed by atoms with Gasteiger partial charge >= 0.3 is 11.9 Å². The minimum absolute atomic E-state index is 0.0993. The second-order valence-electron chi connectivity index (χ2n) is 12.4. The maximum atomic E-state index is 14.3. The van der Waals surface area contributed by atoms with Crippen LogP contribution in [0.1, 0.15) is 101 Å². The molecule has 49 heavy (non-hydrogen) atoms. The monoisotopic (exact) mass is 680 g/mol. The number of aromatic nitrogens is 4. The molecule has 0 spiro atoms. The van der Waals surface area contributed by atoms with Crippen LogP contribution in [0.5, 0.6) is 0 Å². The van der Waals surface area contributed by atoms with E-state index in [1.54, 1.807) is 12.4 Å². The van der Waals surface area contributed by atoms with Crippen LogP contribution < -0.4 is 11.5 Å². The summed E-state index contributed by atoms with van der Waals surface area (Å²) in [5.74, 6) is -3.85. The number of hydrogen-bond acceptors (Lipinski definition) is 8. The van der Waals surface area contributed by atoms with E-state index in [0.717, 1.165) is 6.07 Å². The van der Waals surface area contributed by atoms with Gasteiger partial charge in [-0.05, 0) is 82.1 Å². The van der Waals surface area contributed by atoms with Crippen molar-refractivity contribution in [3.63, 3.8) is 0 Å². The average Bonchev–Trinajstić information content (AvgIpc) is 3.07. The van der Waals surface area contributed by atoms with E-state index >= 15 is 0 Å².